The second kappa shape index (κ2) is 10.9. The first-order valence-corrected chi connectivity index (χ1v) is 1.97. The quantitative estimate of drug-likeness (QED) is 0.427. The summed E-state index contributed by atoms with van der Waals surface area (Å²) in [5.74, 6) is 0. The van der Waals surface area contributed by atoms with E-state index in [4.69, 9.17) is 9.90 Å². The van der Waals surface area contributed by atoms with Gasteiger partial charge in [0.25, 0.3) is 6.47 Å². The molecule has 0 saturated carbocycles. The van der Waals surface area contributed by atoms with E-state index in [9.17, 15) is 0 Å². The molecule has 0 radical (unpaired) electrons. The van der Waals surface area contributed by atoms with Gasteiger partial charge >= 0.3 is 37.7 Å². The molecule has 1 aromatic rings. The molecule has 0 unspecified atom stereocenters. The smallest absolute Gasteiger partial charge is 0.0902 e. The summed E-state index contributed by atoms with van der Waals surface area (Å²) in [4.78, 5) is 8.36. The van der Waals surface area contributed by atoms with Gasteiger partial charge in [0.1, 0.15) is 0 Å². The van der Waals surface area contributed by atoms with Crippen molar-refractivity contribution < 1.29 is 14.3 Å². The number of furan rings is 1. The van der Waals surface area contributed by atoms with Crippen LogP contribution in [0.5, 0.6) is 0 Å². The molecule has 0 aromatic carbocycles. The number of hydrogen-bond acceptors (Lipinski definition) is 2. The Labute approximate surface area is 82.7 Å². The maximum absolute atomic E-state index is 8.36. The van der Waals surface area contributed by atoms with Crippen LogP contribution in [0.15, 0.2) is 29.1 Å². The minimum absolute atomic E-state index is 0. The molecule has 0 atom stereocenters. The van der Waals surface area contributed by atoms with Crippen LogP contribution in [0, 0.1) is 0 Å². The van der Waals surface area contributed by atoms with Gasteiger partial charge in [-0.25, -0.2) is 0 Å². The SMILES string of the molecule is O=CO.[CaH2].c1ccoc1. The molecule has 1 rings (SSSR count). The molecule has 9 heavy (non-hydrogen) atoms. The van der Waals surface area contributed by atoms with Crippen molar-refractivity contribution >= 4 is 44.2 Å². The van der Waals surface area contributed by atoms with Gasteiger partial charge in [-0.05, 0) is 12.1 Å². The summed E-state index contributed by atoms with van der Waals surface area (Å²) in [5.41, 5.74) is 0. The molecular formula is C5H8CaO3. The molecule has 1 heterocycles. The maximum Gasteiger partial charge on any atom is 0.0902 e. The summed E-state index contributed by atoms with van der Waals surface area (Å²) in [7, 11) is 0. The van der Waals surface area contributed by atoms with Crippen LogP contribution >= 0.6 is 0 Å². The predicted molar refractivity (Wildman–Crippen MR) is 35.9 cm³/mol. The number of rotatable bonds is 0. The van der Waals surface area contributed by atoms with E-state index in [0.29, 0.717) is 0 Å². The van der Waals surface area contributed by atoms with Gasteiger partial charge < -0.3 is 9.52 Å². The van der Waals surface area contributed by atoms with Gasteiger partial charge in [-0.1, -0.05) is 0 Å². The van der Waals surface area contributed by atoms with E-state index in [1.807, 2.05) is 12.1 Å². The van der Waals surface area contributed by atoms with Crippen molar-refractivity contribution in [2.75, 3.05) is 0 Å². The average Bonchev–Trinajstić information content (AvgIpc) is 2.17. The van der Waals surface area contributed by atoms with Crippen LogP contribution in [0.25, 0.3) is 0 Å². The van der Waals surface area contributed by atoms with Gasteiger partial charge in [0.05, 0.1) is 12.5 Å². The Bertz CT molecular complexity index is 98.5. The molecule has 1 aromatic heterocycles. The van der Waals surface area contributed by atoms with Gasteiger partial charge in [0.2, 0.25) is 0 Å². The van der Waals surface area contributed by atoms with Crippen LogP contribution in [0.1, 0.15) is 0 Å². The summed E-state index contributed by atoms with van der Waals surface area (Å²) in [6.07, 6.45) is 3.25. The van der Waals surface area contributed by atoms with Crippen molar-refractivity contribution in [2.45, 2.75) is 0 Å². The number of hydrogen-bond donors (Lipinski definition) is 1. The van der Waals surface area contributed by atoms with Gasteiger partial charge in [0, 0.05) is 0 Å². The van der Waals surface area contributed by atoms with Crippen molar-refractivity contribution in [1.29, 1.82) is 0 Å². The molecule has 0 saturated heterocycles. The molecule has 1 N–H and O–H groups in total. The van der Waals surface area contributed by atoms with Crippen LogP contribution in [0.2, 0.25) is 0 Å². The van der Waals surface area contributed by atoms with Crippen LogP contribution < -0.4 is 0 Å². The first-order valence-electron chi connectivity index (χ1n) is 1.97. The molecule has 0 bridgehead atoms. The van der Waals surface area contributed by atoms with Crippen LogP contribution in [0.3, 0.4) is 0 Å². The molecule has 4 heteroatoms. The average molecular weight is 156 g/mol. The van der Waals surface area contributed by atoms with Gasteiger partial charge in [-0.15, -0.1) is 0 Å². The largest absolute Gasteiger partial charge is 0.473 e. The molecule has 3 nitrogen and oxygen atoms in total. The van der Waals surface area contributed by atoms with Gasteiger partial charge in [-0.2, -0.15) is 0 Å². The molecule has 0 spiro atoms. The van der Waals surface area contributed by atoms with E-state index < -0.39 is 0 Å². The van der Waals surface area contributed by atoms with Gasteiger partial charge in [-0.3, -0.25) is 4.79 Å². The molecule has 48 valence electrons. The molecule has 0 aliphatic rings. The van der Waals surface area contributed by atoms with Crippen molar-refractivity contribution in [3.8, 4) is 0 Å². The minimum atomic E-state index is -0.250. The summed E-state index contributed by atoms with van der Waals surface area (Å²) in [5, 5.41) is 6.89. The second-order valence-corrected chi connectivity index (χ2v) is 0.899. The van der Waals surface area contributed by atoms with E-state index in [-0.39, 0.29) is 44.2 Å². The molecule has 0 aliphatic heterocycles. The summed E-state index contributed by atoms with van der Waals surface area (Å²) in [6.45, 7) is -0.250. The number of carbonyl (C=O) groups is 1. The Balaban J connectivity index is 0. The molecular weight excluding hydrogens is 148 g/mol. The van der Waals surface area contributed by atoms with Crippen LogP contribution in [0.4, 0.5) is 0 Å². The van der Waals surface area contributed by atoms with Crippen LogP contribution in [-0.2, 0) is 4.79 Å². The zero-order valence-electron chi connectivity index (χ0n) is 4.15. The fraction of sp³-hybridized carbons (Fsp3) is 0. The summed E-state index contributed by atoms with van der Waals surface area (Å²) < 4.78 is 4.58. The van der Waals surface area contributed by atoms with E-state index in [1.165, 1.54) is 0 Å². The predicted octanol–water partition coefficient (Wildman–Crippen LogP) is 0.0642. The third kappa shape index (κ3) is 11.5. The van der Waals surface area contributed by atoms with Gasteiger partial charge in [0.15, 0.2) is 0 Å². The Hall–Kier alpha value is 0.00974. The summed E-state index contributed by atoms with van der Waals surface area (Å²) in [6, 6.07) is 3.67. The van der Waals surface area contributed by atoms with Crippen molar-refractivity contribution in [3.05, 3.63) is 24.7 Å². The third-order valence-electron chi connectivity index (χ3n) is 0.425. The monoisotopic (exact) mass is 156 g/mol. The molecule has 0 fully saturated rings. The standard InChI is InChI=1S/C4H4O.CH2O2.Ca.2H/c1-2-4-5-3-1;2-1-3;;;/h1-4H;1H,(H,2,3);;;. The Morgan fingerprint density at radius 2 is 1.67 bits per heavy atom. The first kappa shape index (κ1) is 11.8. The maximum atomic E-state index is 8.36. The second-order valence-electron chi connectivity index (χ2n) is 0.899. The minimum Gasteiger partial charge on any atom is -0.473 e. The van der Waals surface area contributed by atoms with E-state index in [0.717, 1.165) is 0 Å². The van der Waals surface area contributed by atoms with Crippen LogP contribution in [-0.4, -0.2) is 49.3 Å². The molecule has 0 aliphatic carbocycles. The number of carboxylic acid groups (broad SMARTS) is 1. The fourth-order valence-electron chi connectivity index (χ4n) is 0.227. The fourth-order valence-corrected chi connectivity index (χ4v) is 0.227. The molecule has 0 amide bonds. The zero-order valence-corrected chi connectivity index (χ0v) is 4.15. The zero-order chi connectivity index (χ0) is 6.24. The van der Waals surface area contributed by atoms with E-state index in [2.05, 4.69) is 4.42 Å². The third-order valence-corrected chi connectivity index (χ3v) is 0.425. The van der Waals surface area contributed by atoms with Crippen molar-refractivity contribution in [2.24, 2.45) is 0 Å². The van der Waals surface area contributed by atoms with Crippen molar-refractivity contribution in [1.82, 2.24) is 0 Å². The Morgan fingerprint density at radius 1 is 1.33 bits per heavy atom. The Morgan fingerprint density at radius 3 is 1.78 bits per heavy atom. The Kier molecular flexibility index (Phi) is 14.2. The first-order chi connectivity index (χ1) is 3.91. The summed E-state index contributed by atoms with van der Waals surface area (Å²) >= 11 is 0. The topological polar surface area (TPSA) is 50.4 Å². The normalized spacial score (nSPS) is 5.78. The van der Waals surface area contributed by atoms with E-state index in [1.54, 1.807) is 12.5 Å². The van der Waals surface area contributed by atoms with E-state index >= 15 is 0 Å². The van der Waals surface area contributed by atoms with Crippen molar-refractivity contribution in [3.63, 3.8) is 0 Å².